The first kappa shape index (κ1) is 23.9. The van der Waals surface area contributed by atoms with Crippen LogP contribution in [0.15, 0.2) is 54.2 Å². The lowest BCUT2D eigenvalue weighted by Crippen LogP contribution is -2.46. The SMILES string of the molecule is Cc1cn2nc(C3=CC(=O)N4C=C(N5CCN(CCC6CC6)CC5)C=CC4=CCC3C)cc2c(C2CC2)n1. The van der Waals surface area contributed by atoms with Crippen molar-refractivity contribution >= 4 is 17.0 Å². The quantitative estimate of drug-likeness (QED) is 0.555. The second kappa shape index (κ2) is 9.53. The molecule has 2 saturated carbocycles. The van der Waals surface area contributed by atoms with Crippen LogP contribution in [0.3, 0.4) is 0 Å². The monoisotopic (exact) mass is 510 g/mol. The van der Waals surface area contributed by atoms with E-state index in [2.05, 4.69) is 41.0 Å². The van der Waals surface area contributed by atoms with Gasteiger partial charge in [-0.15, -0.1) is 0 Å². The second-order valence-electron chi connectivity index (χ2n) is 11.9. The lowest BCUT2D eigenvalue weighted by molar-refractivity contribution is -0.122. The molecule has 0 aromatic carbocycles. The van der Waals surface area contributed by atoms with E-state index < -0.39 is 0 Å². The van der Waals surface area contributed by atoms with Crippen molar-refractivity contribution in [3.8, 4) is 0 Å². The van der Waals surface area contributed by atoms with Crippen molar-refractivity contribution in [1.82, 2.24) is 29.3 Å². The summed E-state index contributed by atoms with van der Waals surface area (Å²) in [5, 5.41) is 4.93. The minimum Gasteiger partial charge on any atom is -0.368 e. The van der Waals surface area contributed by atoms with Gasteiger partial charge in [0.05, 0.1) is 34.5 Å². The van der Waals surface area contributed by atoms with E-state index in [1.54, 1.807) is 0 Å². The molecular formula is C31H38N6O. The average molecular weight is 511 g/mol. The summed E-state index contributed by atoms with van der Waals surface area (Å²) in [6, 6.07) is 2.14. The highest BCUT2D eigenvalue weighted by molar-refractivity contribution is 5.98. The third kappa shape index (κ3) is 4.73. The van der Waals surface area contributed by atoms with Gasteiger partial charge in [0.1, 0.15) is 0 Å². The van der Waals surface area contributed by atoms with Gasteiger partial charge in [-0.1, -0.05) is 25.8 Å². The van der Waals surface area contributed by atoms with Crippen LogP contribution < -0.4 is 0 Å². The molecule has 1 amide bonds. The van der Waals surface area contributed by atoms with E-state index >= 15 is 0 Å². The fourth-order valence-corrected chi connectivity index (χ4v) is 6.08. The predicted molar refractivity (Wildman–Crippen MR) is 149 cm³/mol. The molecule has 2 aliphatic carbocycles. The molecule has 3 fully saturated rings. The van der Waals surface area contributed by atoms with Crippen LogP contribution in [0.1, 0.15) is 68.4 Å². The molecule has 7 nitrogen and oxygen atoms in total. The van der Waals surface area contributed by atoms with Crippen LogP contribution in [-0.4, -0.2) is 67.9 Å². The van der Waals surface area contributed by atoms with E-state index in [4.69, 9.17) is 10.1 Å². The van der Waals surface area contributed by atoms with Crippen molar-refractivity contribution in [3.05, 3.63) is 71.2 Å². The highest BCUT2D eigenvalue weighted by Gasteiger charge is 2.30. The maximum Gasteiger partial charge on any atom is 0.255 e. The van der Waals surface area contributed by atoms with Gasteiger partial charge in [0.2, 0.25) is 0 Å². The molecule has 7 rings (SSSR count). The molecule has 0 N–H and O–H groups in total. The zero-order chi connectivity index (χ0) is 25.8. The number of rotatable bonds is 6. The van der Waals surface area contributed by atoms with Crippen molar-refractivity contribution in [1.29, 1.82) is 0 Å². The molecule has 2 aromatic rings. The molecule has 1 atom stereocenters. The summed E-state index contributed by atoms with van der Waals surface area (Å²) >= 11 is 0. The molecule has 1 saturated heterocycles. The number of amides is 1. The smallest absolute Gasteiger partial charge is 0.255 e. The second-order valence-corrected chi connectivity index (χ2v) is 11.9. The fraction of sp³-hybridized carbons (Fsp3) is 0.516. The Balaban J connectivity index is 1.12. The molecule has 5 aliphatic rings. The maximum absolute atomic E-state index is 13.7. The van der Waals surface area contributed by atoms with Gasteiger partial charge in [-0.05, 0) is 74.8 Å². The fourth-order valence-electron chi connectivity index (χ4n) is 6.08. The Bertz CT molecular complexity index is 1380. The molecule has 2 aromatic heterocycles. The Morgan fingerprint density at radius 1 is 1.03 bits per heavy atom. The van der Waals surface area contributed by atoms with Crippen LogP contribution in [0, 0.1) is 18.8 Å². The zero-order valence-corrected chi connectivity index (χ0v) is 22.6. The molecule has 7 heteroatoms. The molecule has 5 heterocycles. The number of nitrogens with zero attached hydrogens (tertiary/aromatic N) is 6. The van der Waals surface area contributed by atoms with Crippen LogP contribution in [0.25, 0.3) is 11.1 Å². The lowest BCUT2D eigenvalue weighted by Gasteiger charge is -2.38. The summed E-state index contributed by atoms with van der Waals surface area (Å²) in [4.78, 5) is 25.4. The Labute approximate surface area is 225 Å². The molecular weight excluding hydrogens is 472 g/mol. The minimum atomic E-state index is -0.00324. The third-order valence-corrected chi connectivity index (χ3v) is 8.84. The van der Waals surface area contributed by atoms with Crippen molar-refractivity contribution in [2.75, 3.05) is 32.7 Å². The van der Waals surface area contributed by atoms with E-state index in [1.807, 2.05) is 34.8 Å². The number of fused-ring (bicyclic) bond motifs is 2. The third-order valence-electron chi connectivity index (χ3n) is 8.84. The van der Waals surface area contributed by atoms with E-state index in [9.17, 15) is 4.79 Å². The van der Waals surface area contributed by atoms with Crippen LogP contribution in [0.5, 0.6) is 0 Å². The zero-order valence-electron chi connectivity index (χ0n) is 22.6. The average Bonchev–Trinajstić information content (AvgIpc) is 3.86. The van der Waals surface area contributed by atoms with Gasteiger partial charge >= 0.3 is 0 Å². The number of piperazine rings is 1. The molecule has 0 spiro atoms. The minimum absolute atomic E-state index is 0.00324. The van der Waals surface area contributed by atoms with E-state index in [-0.39, 0.29) is 11.8 Å². The standard InChI is InChI=1S/C31H38N6O/c1-21-3-8-25-9-10-26(35-15-13-34(14-16-35)12-11-23-4-5-23)20-36(25)30(38)17-27(21)28-18-29-31(24-6-7-24)32-22(2)19-37(29)33-28/h8-10,17-21,23-24H,3-7,11-16H2,1-2H3. The van der Waals surface area contributed by atoms with E-state index in [0.29, 0.717) is 5.92 Å². The summed E-state index contributed by atoms with van der Waals surface area (Å²) in [5.41, 5.74) is 7.19. The van der Waals surface area contributed by atoms with Gasteiger partial charge < -0.3 is 4.90 Å². The van der Waals surface area contributed by atoms with Crippen molar-refractivity contribution in [2.24, 2.45) is 11.8 Å². The van der Waals surface area contributed by atoms with Gasteiger partial charge in [-0.25, -0.2) is 4.52 Å². The number of carbonyl (C=O) groups excluding carboxylic acids is 1. The van der Waals surface area contributed by atoms with Crippen molar-refractivity contribution in [2.45, 2.75) is 58.3 Å². The van der Waals surface area contributed by atoms with Gasteiger partial charge in [0, 0.05) is 50.1 Å². The Morgan fingerprint density at radius 2 is 1.82 bits per heavy atom. The number of aromatic nitrogens is 3. The predicted octanol–water partition coefficient (Wildman–Crippen LogP) is 4.88. The molecule has 0 bridgehead atoms. The largest absolute Gasteiger partial charge is 0.368 e. The Hall–Kier alpha value is -3.19. The van der Waals surface area contributed by atoms with Crippen LogP contribution in [0.4, 0.5) is 0 Å². The van der Waals surface area contributed by atoms with Gasteiger partial charge in [-0.3, -0.25) is 19.6 Å². The summed E-state index contributed by atoms with van der Waals surface area (Å²) in [6.45, 7) is 9.68. The summed E-state index contributed by atoms with van der Waals surface area (Å²) in [6.07, 6.45) is 19.8. The highest BCUT2D eigenvalue weighted by Crippen LogP contribution is 2.42. The maximum atomic E-state index is 13.7. The summed E-state index contributed by atoms with van der Waals surface area (Å²) < 4.78 is 1.97. The molecule has 198 valence electrons. The lowest BCUT2D eigenvalue weighted by atomic mass is 9.92. The van der Waals surface area contributed by atoms with Gasteiger partial charge in [0.15, 0.2) is 0 Å². The van der Waals surface area contributed by atoms with Crippen molar-refractivity contribution < 1.29 is 4.79 Å². The molecule has 38 heavy (non-hydrogen) atoms. The first-order chi connectivity index (χ1) is 18.5. The number of hydrogen-bond donors (Lipinski definition) is 0. The van der Waals surface area contributed by atoms with Gasteiger partial charge in [-0.2, -0.15) is 5.10 Å². The Morgan fingerprint density at radius 3 is 2.58 bits per heavy atom. The highest BCUT2D eigenvalue weighted by atomic mass is 16.2. The van der Waals surface area contributed by atoms with E-state index in [1.165, 1.54) is 38.6 Å². The van der Waals surface area contributed by atoms with Crippen LogP contribution in [0.2, 0.25) is 0 Å². The van der Waals surface area contributed by atoms with E-state index in [0.717, 1.165) is 78.1 Å². The summed E-state index contributed by atoms with van der Waals surface area (Å²) in [5.74, 6) is 1.72. The normalized spacial score (nSPS) is 24.6. The molecule has 3 aliphatic heterocycles. The number of hydrogen-bond acceptors (Lipinski definition) is 5. The van der Waals surface area contributed by atoms with Crippen molar-refractivity contribution in [3.63, 3.8) is 0 Å². The van der Waals surface area contributed by atoms with Crippen LogP contribution >= 0.6 is 0 Å². The van der Waals surface area contributed by atoms with Gasteiger partial charge in [0.25, 0.3) is 5.91 Å². The number of aryl methyl sites for hydroxylation is 1. The Kier molecular flexibility index (Phi) is 5.99. The first-order valence-electron chi connectivity index (χ1n) is 14.5. The topological polar surface area (TPSA) is 57.0 Å². The number of carbonyl (C=O) groups is 1. The number of allylic oxidation sites excluding steroid dienone is 4. The summed E-state index contributed by atoms with van der Waals surface area (Å²) in [7, 11) is 0. The first-order valence-corrected chi connectivity index (χ1v) is 14.5. The van der Waals surface area contributed by atoms with Crippen LogP contribution in [-0.2, 0) is 4.79 Å². The molecule has 0 radical (unpaired) electrons. The molecule has 1 unspecified atom stereocenters.